The van der Waals surface area contributed by atoms with E-state index in [1.165, 1.54) is 6.92 Å². The first kappa shape index (κ1) is 27.1. The molecule has 11 heteroatoms. The molecule has 0 fully saturated rings. The molecule has 0 radical (unpaired) electrons. The second-order valence-corrected chi connectivity index (χ2v) is 7.28. The fraction of sp³-hybridized carbons (Fsp3) is 0.190. The quantitative estimate of drug-likeness (QED) is 0.298. The van der Waals surface area contributed by atoms with Gasteiger partial charge in [-0.15, -0.1) is 22.5 Å². The molecule has 0 saturated heterocycles. The maximum Gasteiger partial charge on any atom is 0.304 e. The summed E-state index contributed by atoms with van der Waals surface area (Å²) in [5.74, 6) is -0.448. The molecule has 0 bridgehead atoms. The van der Waals surface area contributed by atoms with E-state index >= 15 is 0 Å². The lowest BCUT2D eigenvalue weighted by atomic mass is 10.1. The van der Waals surface area contributed by atoms with Gasteiger partial charge in [-0.3, -0.25) is 4.79 Å². The number of hydrogen-bond acceptors (Lipinski definition) is 7. The second kappa shape index (κ2) is 12.8. The average molecular weight is 503 g/mol. The Morgan fingerprint density at radius 3 is 2.34 bits per heavy atom. The average Bonchev–Trinajstić information content (AvgIpc) is 2.70. The number of ether oxygens (including phenoxy) is 1. The van der Waals surface area contributed by atoms with Gasteiger partial charge in [0.05, 0.1) is 15.7 Å². The third kappa shape index (κ3) is 9.05. The van der Waals surface area contributed by atoms with Crippen LogP contribution in [-0.2, 0) is 14.4 Å². The van der Waals surface area contributed by atoms with E-state index in [1.54, 1.807) is 37.3 Å². The number of nitrogens with one attached hydrogen (secondary N) is 2. The lowest BCUT2D eigenvalue weighted by molar-refractivity contribution is -0.755. The number of benzene rings is 2. The van der Waals surface area contributed by atoms with E-state index < -0.39 is 16.8 Å². The molecule has 0 saturated carbocycles. The number of esters is 1. The molecule has 1 aliphatic rings. The summed E-state index contributed by atoms with van der Waals surface area (Å²) in [6, 6.07) is 15.2. The molecule has 1 unspecified atom stereocenters. The minimum atomic E-state index is -0.990. The molecule has 0 amide bonds. The molecule has 8 nitrogen and oxygen atoms in total. The van der Waals surface area contributed by atoms with Crippen LogP contribution in [-0.4, -0.2) is 23.4 Å². The van der Waals surface area contributed by atoms with Crippen molar-refractivity contribution in [1.29, 1.82) is 0 Å². The Balaban J connectivity index is 0.000000311. The molecular weight excluding hydrogens is 481 g/mol. The van der Waals surface area contributed by atoms with Crippen molar-refractivity contribution in [2.45, 2.75) is 19.6 Å². The Morgan fingerprint density at radius 2 is 1.78 bits per heavy atom. The van der Waals surface area contributed by atoms with Gasteiger partial charge in [0.2, 0.25) is 5.72 Å². The van der Waals surface area contributed by atoms with Crippen LogP contribution in [0.3, 0.4) is 0 Å². The maximum absolute atomic E-state index is 10.8. The zero-order valence-electron chi connectivity index (χ0n) is 17.2. The van der Waals surface area contributed by atoms with Crippen molar-refractivity contribution < 1.29 is 19.5 Å². The van der Waals surface area contributed by atoms with Crippen LogP contribution < -0.4 is 10.6 Å². The van der Waals surface area contributed by atoms with Gasteiger partial charge >= 0.3 is 5.97 Å². The summed E-state index contributed by atoms with van der Waals surface area (Å²) >= 11 is 12.1. The predicted octanol–water partition coefficient (Wildman–Crippen LogP) is 5.68. The summed E-state index contributed by atoms with van der Waals surface area (Å²) in [6.07, 6.45) is 4.87. The number of para-hydroxylation sites is 2. The monoisotopic (exact) mass is 501 g/mol. The fourth-order valence-corrected chi connectivity index (χ4v) is 3.09. The lowest BCUT2D eigenvalue weighted by Gasteiger charge is -2.31. The first-order valence-electron chi connectivity index (χ1n) is 9.08. The van der Waals surface area contributed by atoms with Crippen LogP contribution in [0.25, 0.3) is 0 Å². The number of hydrogen-bond donors (Lipinski definition) is 2. The largest absolute Gasteiger partial charge is 0.436 e. The number of carbonyl (C=O) groups is 1. The smallest absolute Gasteiger partial charge is 0.304 e. The molecule has 3 rings (SSSR count). The molecule has 1 heterocycles. The summed E-state index contributed by atoms with van der Waals surface area (Å²) in [7, 11) is 0. The van der Waals surface area contributed by atoms with Crippen LogP contribution in [0.15, 0.2) is 72.5 Å². The van der Waals surface area contributed by atoms with Gasteiger partial charge in [-0.25, -0.2) is 0 Å². The first-order chi connectivity index (χ1) is 14.7. The molecule has 1 aliphatic heterocycles. The van der Waals surface area contributed by atoms with E-state index in [1.807, 2.05) is 36.4 Å². The topological polar surface area (TPSA) is 103 Å². The van der Waals surface area contributed by atoms with E-state index in [2.05, 4.69) is 15.5 Å². The van der Waals surface area contributed by atoms with E-state index in [9.17, 15) is 14.9 Å². The highest BCUT2D eigenvalue weighted by molar-refractivity contribution is 6.39. The van der Waals surface area contributed by atoms with Crippen molar-refractivity contribution in [2.24, 2.45) is 0 Å². The maximum atomic E-state index is 10.8. The SMILES string of the molecule is CC(=O)OC1(C)C=CC=C(CO[N+](=O)[O-])N1.Cl.Clc1cccc(Cl)c1Nc1ccccc1. The molecule has 2 N–H and O–H groups in total. The highest BCUT2D eigenvalue weighted by atomic mass is 35.5. The molecule has 1 atom stereocenters. The molecule has 0 aromatic heterocycles. The normalized spacial score (nSPS) is 16.2. The molecule has 2 aromatic carbocycles. The number of nitrogens with zero attached hydrogens (tertiary/aromatic N) is 1. The van der Waals surface area contributed by atoms with Crippen molar-refractivity contribution >= 4 is 53.0 Å². The Bertz CT molecular complexity index is 966. The van der Waals surface area contributed by atoms with Gasteiger partial charge in [0.1, 0.15) is 6.61 Å². The number of rotatable bonds is 6. The van der Waals surface area contributed by atoms with Crippen LogP contribution in [0.1, 0.15) is 13.8 Å². The van der Waals surface area contributed by atoms with Crippen molar-refractivity contribution in [3.05, 3.63) is 92.6 Å². The minimum Gasteiger partial charge on any atom is -0.436 e. The number of anilines is 2. The third-order valence-corrected chi connectivity index (χ3v) is 4.44. The van der Waals surface area contributed by atoms with Gasteiger partial charge in [0.25, 0.3) is 5.09 Å². The molecule has 32 heavy (non-hydrogen) atoms. The highest BCUT2D eigenvalue weighted by Crippen LogP contribution is 2.32. The number of dihydropyridines is 1. The predicted molar refractivity (Wildman–Crippen MR) is 127 cm³/mol. The molecular formula is C21H22Cl3N3O5. The minimum absolute atomic E-state index is 0. The zero-order chi connectivity index (χ0) is 22.9. The van der Waals surface area contributed by atoms with Gasteiger partial charge in [-0.05, 0) is 43.3 Å². The number of carbonyl (C=O) groups excluding carboxylic acids is 1. The van der Waals surface area contributed by atoms with E-state index in [4.69, 9.17) is 27.9 Å². The molecule has 2 aromatic rings. The van der Waals surface area contributed by atoms with Gasteiger partial charge < -0.3 is 20.2 Å². The van der Waals surface area contributed by atoms with Crippen molar-refractivity contribution in [3.8, 4) is 0 Å². The van der Waals surface area contributed by atoms with Crippen LogP contribution in [0, 0.1) is 10.1 Å². The van der Waals surface area contributed by atoms with Crippen molar-refractivity contribution in [1.82, 2.24) is 5.32 Å². The lowest BCUT2D eigenvalue weighted by Crippen LogP contribution is -2.45. The Morgan fingerprint density at radius 1 is 1.16 bits per heavy atom. The van der Waals surface area contributed by atoms with Gasteiger partial charge in [0.15, 0.2) is 0 Å². The second-order valence-electron chi connectivity index (χ2n) is 6.46. The van der Waals surface area contributed by atoms with Crippen LogP contribution in [0.4, 0.5) is 11.4 Å². The van der Waals surface area contributed by atoms with Gasteiger partial charge in [-0.1, -0.05) is 53.5 Å². The van der Waals surface area contributed by atoms with E-state index in [-0.39, 0.29) is 19.0 Å². The summed E-state index contributed by atoms with van der Waals surface area (Å²) in [4.78, 5) is 25.0. The van der Waals surface area contributed by atoms with Gasteiger partial charge in [-0.2, -0.15) is 0 Å². The van der Waals surface area contributed by atoms with E-state index in [0.717, 1.165) is 11.4 Å². The van der Waals surface area contributed by atoms with Gasteiger partial charge in [0, 0.05) is 18.3 Å². The molecule has 172 valence electrons. The molecule has 0 spiro atoms. The van der Waals surface area contributed by atoms with Crippen LogP contribution in [0.5, 0.6) is 0 Å². The van der Waals surface area contributed by atoms with E-state index in [0.29, 0.717) is 15.7 Å². The summed E-state index contributed by atoms with van der Waals surface area (Å²) < 4.78 is 5.01. The number of allylic oxidation sites excluding steroid dienone is 2. The fourth-order valence-electron chi connectivity index (χ4n) is 2.60. The first-order valence-corrected chi connectivity index (χ1v) is 9.83. The molecule has 0 aliphatic carbocycles. The highest BCUT2D eigenvalue weighted by Gasteiger charge is 2.26. The number of halogens is 3. The van der Waals surface area contributed by atoms with Crippen molar-refractivity contribution in [2.75, 3.05) is 11.9 Å². The summed E-state index contributed by atoms with van der Waals surface area (Å²) in [5, 5.41) is 16.4. The Hall–Kier alpha value is -2.94. The Labute approximate surface area is 201 Å². The standard InChI is InChI=1S/C12H9Cl2N.C9H12N2O5.ClH/c13-10-7-4-8-11(14)12(10)15-9-5-2-1-3-6-9;1-7(12)16-9(2)5-3-4-8(10-9)6-15-11(13)14;/h1-8,15H;3-5,10H,6H2,1-2H3;1H. The summed E-state index contributed by atoms with van der Waals surface area (Å²) in [6.45, 7) is 2.70. The summed E-state index contributed by atoms with van der Waals surface area (Å²) in [5.41, 5.74) is 1.18. The zero-order valence-corrected chi connectivity index (χ0v) is 19.5. The Kier molecular flexibility index (Phi) is 10.8. The van der Waals surface area contributed by atoms with Crippen LogP contribution in [0.2, 0.25) is 10.0 Å². The third-order valence-electron chi connectivity index (χ3n) is 3.81. The van der Waals surface area contributed by atoms with Crippen LogP contribution >= 0.6 is 35.6 Å². The van der Waals surface area contributed by atoms with Crippen molar-refractivity contribution in [3.63, 3.8) is 0 Å².